The van der Waals surface area contributed by atoms with Crippen molar-refractivity contribution < 1.29 is 14.3 Å². The molecule has 0 aliphatic carbocycles. The average molecular weight is 275 g/mol. The van der Waals surface area contributed by atoms with E-state index in [0.29, 0.717) is 13.0 Å². The molecule has 0 saturated carbocycles. The van der Waals surface area contributed by atoms with Crippen molar-refractivity contribution in [2.24, 2.45) is 0 Å². The van der Waals surface area contributed by atoms with E-state index in [4.69, 9.17) is 9.47 Å². The molecule has 2 rings (SSSR count). The maximum Gasteiger partial charge on any atom is 0.333 e. The zero-order valence-electron chi connectivity index (χ0n) is 12.1. The fraction of sp³-hybridized carbons (Fsp3) is 0.438. The second-order valence-corrected chi connectivity index (χ2v) is 4.69. The molecule has 0 amide bonds. The lowest BCUT2D eigenvalue weighted by atomic mass is 10.2. The molecule has 0 atom stereocenters. The molecule has 0 spiro atoms. The molecule has 0 fully saturated rings. The second-order valence-electron chi connectivity index (χ2n) is 4.69. The van der Waals surface area contributed by atoms with Crippen molar-refractivity contribution in [2.75, 3.05) is 31.7 Å². The van der Waals surface area contributed by atoms with Crippen LogP contribution in [0.4, 0.5) is 5.69 Å². The van der Waals surface area contributed by atoms with E-state index in [1.54, 1.807) is 0 Å². The van der Waals surface area contributed by atoms with Crippen LogP contribution in [0, 0.1) is 0 Å². The number of hydrogen-bond acceptors (Lipinski definition) is 4. The third kappa shape index (κ3) is 3.32. The summed E-state index contributed by atoms with van der Waals surface area (Å²) < 4.78 is 10.5. The van der Waals surface area contributed by atoms with Crippen LogP contribution >= 0.6 is 0 Å². The first-order valence-electron chi connectivity index (χ1n) is 7.00. The standard InChI is InChI=1S/C16H21NO3/c1-3-13(16(18)19-2)9-11-17-10-6-12-20-15-8-5-4-7-14(15)17/h4-5,7-9H,3,6,10-12H2,1-2H3/b13-9-. The van der Waals surface area contributed by atoms with Gasteiger partial charge < -0.3 is 14.4 Å². The summed E-state index contributed by atoms with van der Waals surface area (Å²) in [7, 11) is 1.42. The quantitative estimate of drug-likeness (QED) is 0.625. The molecule has 4 heteroatoms. The molecular weight excluding hydrogens is 254 g/mol. The lowest BCUT2D eigenvalue weighted by Crippen LogP contribution is -2.24. The minimum atomic E-state index is -0.244. The molecule has 1 heterocycles. The number of ether oxygens (including phenoxy) is 2. The highest BCUT2D eigenvalue weighted by Gasteiger charge is 2.15. The third-order valence-electron chi connectivity index (χ3n) is 3.42. The molecule has 0 radical (unpaired) electrons. The van der Waals surface area contributed by atoms with Crippen LogP contribution in [-0.2, 0) is 9.53 Å². The Morgan fingerprint density at radius 3 is 3.00 bits per heavy atom. The Hall–Kier alpha value is -1.97. The molecular formula is C16H21NO3. The summed E-state index contributed by atoms with van der Waals surface area (Å²) >= 11 is 0. The largest absolute Gasteiger partial charge is 0.491 e. The van der Waals surface area contributed by atoms with Gasteiger partial charge in [-0.2, -0.15) is 0 Å². The van der Waals surface area contributed by atoms with E-state index >= 15 is 0 Å². The van der Waals surface area contributed by atoms with Gasteiger partial charge in [0.1, 0.15) is 5.75 Å². The average Bonchev–Trinajstić information content (AvgIpc) is 2.70. The van der Waals surface area contributed by atoms with Gasteiger partial charge in [0.05, 0.1) is 19.4 Å². The van der Waals surface area contributed by atoms with Crippen LogP contribution in [0.1, 0.15) is 19.8 Å². The van der Waals surface area contributed by atoms with Gasteiger partial charge in [0.2, 0.25) is 0 Å². The Morgan fingerprint density at radius 2 is 2.25 bits per heavy atom. The lowest BCUT2D eigenvalue weighted by molar-refractivity contribution is -0.136. The van der Waals surface area contributed by atoms with Gasteiger partial charge in [-0.25, -0.2) is 4.79 Å². The van der Waals surface area contributed by atoms with Gasteiger partial charge in [0.15, 0.2) is 0 Å². The molecule has 20 heavy (non-hydrogen) atoms. The highest BCUT2D eigenvalue weighted by atomic mass is 16.5. The Balaban J connectivity index is 2.16. The Morgan fingerprint density at radius 1 is 1.45 bits per heavy atom. The number of carbonyl (C=O) groups excluding carboxylic acids is 1. The van der Waals surface area contributed by atoms with Gasteiger partial charge in [0, 0.05) is 18.7 Å². The van der Waals surface area contributed by atoms with Crippen molar-refractivity contribution in [3.63, 3.8) is 0 Å². The van der Waals surface area contributed by atoms with E-state index in [0.717, 1.165) is 36.6 Å². The van der Waals surface area contributed by atoms with Crippen molar-refractivity contribution >= 4 is 11.7 Å². The van der Waals surface area contributed by atoms with Crippen molar-refractivity contribution in [2.45, 2.75) is 19.8 Å². The van der Waals surface area contributed by atoms with Gasteiger partial charge in [-0.15, -0.1) is 0 Å². The summed E-state index contributed by atoms with van der Waals surface area (Å²) in [6.45, 7) is 4.31. The first-order valence-corrected chi connectivity index (χ1v) is 7.00. The van der Waals surface area contributed by atoms with E-state index in [9.17, 15) is 4.79 Å². The number of carbonyl (C=O) groups is 1. The van der Waals surface area contributed by atoms with E-state index < -0.39 is 0 Å². The van der Waals surface area contributed by atoms with Crippen LogP contribution in [-0.4, -0.2) is 32.8 Å². The summed E-state index contributed by atoms with van der Waals surface area (Å²) in [4.78, 5) is 13.8. The highest BCUT2D eigenvalue weighted by molar-refractivity contribution is 5.88. The molecule has 0 bridgehead atoms. The predicted molar refractivity (Wildman–Crippen MR) is 79.2 cm³/mol. The number of esters is 1. The Labute approximate surface area is 120 Å². The van der Waals surface area contributed by atoms with Gasteiger partial charge in [0.25, 0.3) is 0 Å². The number of nitrogens with zero attached hydrogens (tertiary/aromatic N) is 1. The molecule has 1 aliphatic heterocycles. The number of rotatable bonds is 4. The number of hydrogen-bond donors (Lipinski definition) is 0. The number of anilines is 1. The fourth-order valence-electron chi connectivity index (χ4n) is 2.31. The van der Waals surface area contributed by atoms with E-state index in [1.165, 1.54) is 7.11 Å². The Bertz CT molecular complexity index is 496. The van der Waals surface area contributed by atoms with Crippen LogP contribution < -0.4 is 9.64 Å². The SMILES string of the molecule is CC/C(=C/CN1CCCOc2ccccc21)C(=O)OC. The van der Waals surface area contributed by atoms with Gasteiger partial charge >= 0.3 is 5.97 Å². The summed E-state index contributed by atoms with van der Waals surface area (Å²) in [5.74, 6) is 0.668. The Kier molecular flexibility index (Phi) is 5.04. The molecule has 0 saturated heterocycles. The van der Waals surface area contributed by atoms with E-state index in [-0.39, 0.29) is 5.97 Å². The maximum absolute atomic E-state index is 11.6. The van der Waals surface area contributed by atoms with Crippen LogP contribution in [0.25, 0.3) is 0 Å². The predicted octanol–water partition coefficient (Wildman–Crippen LogP) is 2.78. The van der Waals surface area contributed by atoms with Crippen LogP contribution in [0.5, 0.6) is 5.75 Å². The summed E-state index contributed by atoms with van der Waals surface area (Å²) in [5.41, 5.74) is 1.80. The van der Waals surface area contributed by atoms with Crippen molar-refractivity contribution in [1.29, 1.82) is 0 Å². The monoisotopic (exact) mass is 275 g/mol. The minimum Gasteiger partial charge on any atom is -0.491 e. The second kappa shape index (κ2) is 6.98. The molecule has 0 aromatic heterocycles. The minimum absolute atomic E-state index is 0.244. The van der Waals surface area contributed by atoms with Crippen molar-refractivity contribution in [1.82, 2.24) is 0 Å². The number of methoxy groups -OCH3 is 1. The van der Waals surface area contributed by atoms with Crippen LogP contribution in [0.15, 0.2) is 35.9 Å². The summed E-state index contributed by atoms with van der Waals surface area (Å²) in [6, 6.07) is 8.02. The van der Waals surface area contributed by atoms with Crippen LogP contribution in [0.3, 0.4) is 0 Å². The molecule has 1 aliphatic rings. The summed E-state index contributed by atoms with van der Waals surface area (Å²) in [6.07, 6.45) is 3.61. The lowest BCUT2D eigenvalue weighted by Gasteiger charge is -2.22. The number of benzene rings is 1. The molecule has 108 valence electrons. The van der Waals surface area contributed by atoms with Gasteiger partial charge in [-0.1, -0.05) is 25.1 Å². The topological polar surface area (TPSA) is 38.8 Å². The van der Waals surface area contributed by atoms with Crippen LogP contribution in [0.2, 0.25) is 0 Å². The normalized spacial score (nSPS) is 15.1. The molecule has 4 nitrogen and oxygen atoms in total. The fourth-order valence-corrected chi connectivity index (χ4v) is 2.31. The van der Waals surface area contributed by atoms with Gasteiger partial charge in [-0.3, -0.25) is 0 Å². The van der Waals surface area contributed by atoms with Crippen molar-refractivity contribution in [3.05, 3.63) is 35.9 Å². The number of para-hydroxylation sites is 2. The van der Waals surface area contributed by atoms with E-state index in [2.05, 4.69) is 11.0 Å². The third-order valence-corrected chi connectivity index (χ3v) is 3.42. The number of fused-ring (bicyclic) bond motifs is 1. The first kappa shape index (κ1) is 14.4. The smallest absolute Gasteiger partial charge is 0.333 e. The van der Waals surface area contributed by atoms with E-state index in [1.807, 2.05) is 31.2 Å². The molecule has 1 aromatic carbocycles. The molecule has 0 N–H and O–H groups in total. The molecule has 0 unspecified atom stereocenters. The summed E-state index contributed by atoms with van der Waals surface area (Å²) in [5, 5.41) is 0. The van der Waals surface area contributed by atoms with Gasteiger partial charge in [-0.05, 0) is 25.0 Å². The van der Waals surface area contributed by atoms with Crippen molar-refractivity contribution in [3.8, 4) is 5.75 Å². The first-order chi connectivity index (χ1) is 9.76. The highest BCUT2D eigenvalue weighted by Crippen LogP contribution is 2.30. The zero-order valence-corrected chi connectivity index (χ0v) is 12.1. The molecule has 1 aromatic rings. The maximum atomic E-state index is 11.6. The zero-order chi connectivity index (χ0) is 14.4.